The number of nitrogens with two attached hydrogens (primary N) is 1. The van der Waals surface area contributed by atoms with Crippen LogP contribution in [0.5, 0.6) is 0 Å². The lowest BCUT2D eigenvalue weighted by Gasteiger charge is -2.00. The first-order valence-electron chi connectivity index (χ1n) is 5.67. The van der Waals surface area contributed by atoms with Crippen LogP contribution in [-0.2, 0) is 11.3 Å². The Hall–Kier alpha value is -1.95. The number of nitrogen functional groups attached to an aromatic ring is 1. The van der Waals surface area contributed by atoms with Gasteiger partial charge in [-0.15, -0.1) is 0 Å². The van der Waals surface area contributed by atoms with Crippen molar-refractivity contribution in [2.45, 2.75) is 20.0 Å². The van der Waals surface area contributed by atoms with Crippen LogP contribution in [0.4, 0.5) is 10.1 Å². The van der Waals surface area contributed by atoms with Crippen molar-refractivity contribution in [3.05, 3.63) is 29.8 Å². The van der Waals surface area contributed by atoms with Crippen molar-refractivity contribution in [3.63, 3.8) is 0 Å². The van der Waals surface area contributed by atoms with E-state index < -0.39 is 5.82 Å². The van der Waals surface area contributed by atoms with Gasteiger partial charge in [0.05, 0.1) is 5.56 Å². The summed E-state index contributed by atoms with van der Waals surface area (Å²) >= 11 is 0. The summed E-state index contributed by atoms with van der Waals surface area (Å²) in [5.74, 6) is -0.0403. The van der Waals surface area contributed by atoms with E-state index in [2.05, 4.69) is 10.1 Å². The SMILES string of the molecule is CCCOCc1noc(-c2c(N)cccc2F)n1. The molecule has 0 aliphatic rings. The molecule has 2 aromatic rings. The summed E-state index contributed by atoms with van der Waals surface area (Å²) in [7, 11) is 0. The Morgan fingerprint density at radius 1 is 1.44 bits per heavy atom. The van der Waals surface area contributed by atoms with Gasteiger partial charge < -0.3 is 15.0 Å². The number of anilines is 1. The fraction of sp³-hybridized carbons (Fsp3) is 0.333. The minimum absolute atomic E-state index is 0.0701. The molecular formula is C12H14FN3O2. The number of rotatable bonds is 5. The van der Waals surface area contributed by atoms with Gasteiger partial charge in [0.1, 0.15) is 12.4 Å². The zero-order valence-electron chi connectivity index (χ0n) is 10.0. The number of benzene rings is 1. The predicted octanol–water partition coefficient (Wildman–Crippen LogP) is 2.38. The molecule has 0 fully saturated rings. The van der Waals surface area contributed by atoms with Crippen molar-refractivity contribution in [2.75, 3.05) is 12.3 Å². The van der Waals surface area contributed by atoms with Gasteiger partial charge in [-0.1, -0.05) is 18.1 Å². The molecule has 0 aliphatic heterocycles. The van der Waals surface area contributed by atoms with Crippen molar-refractivity contribution < 1.29 is 13.7 Å². The van der Waals surface area contributed by atoms with Gasteiger partial charge in [-0.05, 0) is 18.6 Å². The van der Waals surface area contributed by atoms with E-state index in [9.17, 15) is 4.39 Å². The monoisotopic (exact) mass is 251 g/mol. The van der Waals surface area contributed by atoms with E-state index in [1.165, 1.54) is 12.1 Å². The Balaban J connectivity index is 2.19. The van der Waals surface area contributed by atoms with Crippen LogP contribution in [0.2, 0.25) is 0 Å². The Morgan fingerprint density at radius 2 is 2.28 bits per heavy atom. The van der Waals surface area contributed by atoms with E-state index in [0.29, 0.717) is 12.4 Å². The van der Waals surface area contributed by atoms with Gasteiger partial charge in [-0.25, -0.2) is 4.39 Å². The van der Waals surface area contributed by atoms with Crippen LogP contribution in [0.25, 0.3) is 11.5 Å². The molecule has 18 heavy (non-hydrogen) atoms. The summed E-state index contributed by atoms with van der Waals surface area (Å²) in [5, 5.41) is 3.71. The first-order valence-corrected chi connectivity index (χ1v) is 5.67. The second kappa shape index (κ2) is 5.59. The maximum absolute atomic E-state index is 13.6. The quantitative estimate of drug-likeness (QED) is 0.652. The number of halogens is 1. The molecule has 0 unspecified atom stereocenters. The molecule has 0 saturated heterocycles. The Kier molecular flexibility index (Phi) is 3.88. The predicted molar refractivity (Wildman–Crippen MR) is 64.1 cm³/mol. The molecule has 6 heteroatoms. The van der Waals surface area contributed by atoms with Crippen molar-refractivity contribution in [1.29, 1.82) is 0 Å². The van der Waals surface area contributed by atoms with Gasteiger partial charge in [0.15, 0.2) is 5.82 Å². The van der Waals surface area contributed by atoms with E-state index in [0.717, 1.165) is 6.42 Å². The number of aromatic nitrogens is 2. The molecule has 0 bridgehead atoms. The molecule has 5 nitrogen and oxygen atoms in total. The van der Waals surface area contributed by atoms with Gasteiger partial charge in [0.25, 0.3) is 5.89 Å². The van der Waals surface area contributed by atoms with Gasteiger partial charge in [0, 0.05) is 12.3 Å². The third kappa shape index (κ3) is 2.65. The van der Waals surface area contributed by atoms with E-state index in [1.54, 1.807) is 6.07 Å². The van der Waals surface area contributed by atoms with Crippen LogP contribution in [0.1, 0.15) is 19.2 Å². The lowest BCUT2D eigenvalue weighted by Crippen LogP contribution is -1.96. The molecule has 2 N–H and O–H groups in total. The average Bonchev–Trinajstić information content (AvgIpc) is 2.78. The molecule has 0 saturated carbocycles. The molecule has 1 heterocycles. The highest BCUT2D eigenvalue weighted by Gasteiger charge is 2.16. The number of nitrogens with zero attached hydrogens (tertiary/aromatic N) is 2. The third-order valence-corrected chi connectivity index (χ3v) is 2.31. The summed E-state index contributed by atoms with van der Waals surface area (Å²) in [6, 6.07) is 4.40. The smallest absolute Gasteiger partial charge is 0.263 e. The van der Waals surface area contributed by atoms with Crippen molar-refractivity contribution in [3.8, 4) is 11.5 Å². The minimum atomic E-state index is -0.486. The molecule has 0 amide bonds. The standard InChI is InChI=1S/C12H14FN3O2/c1-2-6-17-7-10-15-12(18-16-10)11-8(13)4-3-5-9(11)14/h3-5H,2,6-7,14H2,1H3. The third-order valence-electron chi connectivity index (χ3n) is 2.31. The summed E-state index contributed by atoms with van der Waals surface area (Å²) in [4.78, 5) is 4.05. The number of ether oxygens (including phenoxy) is 1. The van der Waals surface area contributed by atoms with E-state index >= 15 is 0 Å². The Morgan fingerprint density at radius 3 is 3.00 bits per heavy atom. The fourth-order valence-corrected chi connectivity index (χ4v) is 1.49. The Bertz CT molecular complexity index is 508. The molecule has 0 aliphatic carbocycles. The second-order valence-corrected chi connectivity index (χ2v) is 3.77. The lowest BCUT2D eigenvalue weighted by atomic mass is 10.1. The van der Waals surface area contributed by atoms with Gasteiger partial charge >= 0.3 is 0 Å². The highest BCUT2D eigenvalue weighted by Crippen LogP contribution is 2.27. The van der Waals surface area contributed by atoms with Gasteiger partial charge in [-0.3, -0.25) is 0 Å². The molecule has 0 radical (unpaired) electrons. The minimum Gasteiger partial charge on any atom is -0.398 e. The average molecular weight is 251 g/mol. The first kappa shape index (κ1) is 12.5. The maximum atomic E-state index is 13.6. The Labute approximate surface area is 104 Å². The lowest BCUT2D eigenvalue weighted by molar-refractivity contribution is 0.114. The van der Waals surface area contributed by atoms with Crippen molar-refractivity contribution >= 4 is 5.69 Å². The van der Waals surface area contributed by atoms with Crippen LogP contribution in [0.15, 0.2) is 22.7 Å². The number of hydrogen-bond donors (Lipinski definition) is 1. The zero-order valence-corrected chi connectivity index (χ0v) is 10.0. The van der Waals surface area contributed by atoms with Gasteiger partial charge in [-0.2, -0.15) is 4.98 Å². The van der Waals surface area contributed by atoms with E-state index in [1.807, 2.05) is 6.92 Å². The maximum Gasteiger partial charge on any atom is 0.263 e. The molecule has 1 aromatic carbocycles. The largest absolute Gasteiger partial charge is 0.398 e. The van der Waals surface area contributed by atoms with Crippen molar-refractivity contribution in [2.24, 2.45) is 0 Å². The highest BCUT2D eigenvalue weighted by atomic mass is 19.1. The summed E-state index contributed by atoms with van der Waals surface area (Å²) in [5.41, 5.74) is 6.08. The van der Waals surface area contributed by atoms with Crippen LogP contribution >= 0.6 is 0 Å². The van der Waals surface area contributed by atoms with Crippen LogP contribution in [0, 0.1) is 5.82 Å². The molecule has 96 valence electrons. The summed E-state index contributed by atoms with van der Waals surface area (Å²) in [6.45, 7) is 2.86. The topological polar surface area (TPSA) is 74.2 Å². The second-order valence-electron chi connectivity index (χ2n) is 3.77. The normalized spacial score (nSPS) is 10.8. The van der Waals surface area contributed by atoms with Crippen molar-refractivity contribution in [1.82, 2.24) is 10.1 Å². The van der Waals surface area contributed by atoms with Gasteiger partial charge in [0.2, 0.25) is 0 Å². The summed E-state index contributed by atoms with van der Waals surface area (Å²) < 4.78 is 23.9. The molecule has 2 rings (SSSR count). The first-order chi connectivity index (χ1) is 8.72. The summed E-state index contributed by atoms with van der Waals surface area (Å²) in [6.07, 6.45) is 0.908. The van der Waals surface area contributed by atoms with Crippen LogP contribution in [-0.4, -0.2) is 16.7 Å². The number of hydrogen-bond acceptors (Lipinski definition) is 5. The van der Waals surface area contributed by atoms with E-state index in [-0.39, 0.29) is 23.7 Å². The fourth-order valence-electron chi connectivity index (χ4n) is 1.49. The van der Waals surface area contributed by atoms with Crippen LogP contribution in [0.3, 0.4) is 0 Å². The van der Waals surface area contributed by atoms with Crippen LogP contribution < -0.4 is 5.73 Å². The molecule has 1 aromatic heterocycles. The molecule has 0 spiro atoms. The molecular weight excluding hydrogens is 237 g/mol. The highest BCUT2D eigenvalue weighted by molar-refractivity contribution is 5.70. The van der Waals surface area contributed by atoms with E-state index in [4.69, 9.17) is 15.0 Å². The molecule has 0 atom stereocenters. The zero-order chi connectivity index (χ0) is 13.0.